The standard InChI is InChI=1S/C13H13NO.C2H6/c1-8-6-11-7-10(9-2-3-9)4-5-12(11)14-13(8)15;1-2/h4-7,9H,2-3H2,1H3,(H,14,15);1-2H3. The van der Waals surface area contributed by atoms with Crippen LogP contribution in [-0.4, -0.2) is 4.98 Å². The van der Waals surface area contributed by atoms with Gasteiger partial charge in [-0.1, -0.05) is 19.9 Å². The van der Waals surface area contributed by atoms with E-state index in [4.69, 9.17) is 0 Å². The number of H-pyrrole nitrogens is 1. The Morgan fingerprint density at radius 1 is 1.18 bits per heavy atom. The first-order valence-corrected chi connectivity index (χ1v) is 6.37. The van der Waals surface area contributed by atoms with Crippen molar-refractivity contribution >= 4 is 10.9 Å². The van der Waals surface area contributed by atoms with Crippen LogP contribution in [0.25, 0.3) is 10.9 Å². The summed E-state index contributed by atoms with van der Waals surface area (Å²) in [6.45, 7) is 5.85. The fraction of sp³-hybridized carbons (Fsp3) is 0.400. The highest BCUT2D eigenvalue weighted by molar-refractivity contribution is 5.79. The van der Waals surface area contributed by atoms with Crippen LogP contribution in [0.5, 0.6) is 0 Å². The van der Waals surface area contributed by atoms with Crippen molar-refractivity contribution < 1.29 is 0 Å². The Balaban J connectivity index is 0.000000514. The summed E-state index contributed by atoms with van der Waals surface area (Å²) in [6.07, 6.45) is 2.63. The van der Waals surface area contributed by atoms with Gasteiger partial charge in [0.25, 0.3) is 5.56 Å². The topological polar surface area (TPSA) is 32.9 Å². The number of benzene rings is 1. The molecule has 2 heteroatoms. The quantitative estimate of drug-likeness (QED) is 0.793. The number of rotatable bonds is 1. The molecule has 1 saturated carbocycles. The predicted octanol–water partition coefficient (Wildman–Crippen LogP) is 3.74. The zero-order valence-electron chi connectivity index (χ0n) is 10.7. The molecule has 1 fully saturated rings. The van der Waals surface area contributed by atoms with Gasteiger partial charge in [0, 0.05) is 11.1 Å². The van der Waals surface area contributed by atoms with Crippen LogP contribution in [0.2, 0.25) is 0 Å². The van der Waals surface area contributed by atoms with Gasteiger partial charge in [-0.25, -0.2) is 0 Å². The van der Waals surface area contributed by atoms with Crippen LogP contribution in [-0.2, 0) is 0 Å². The summed E-state index contributed by atoms with van der Waals surface area (Å²) in [5, 5.41) is 1.15. The molecule has 90 valence electrons. The molecule has 2 nitrogen and oxygen atoms in total. The van der Waals surface area contributed by atoms with E-state index in [1.54, 1.807) is 0 Å². The third kappa shape index (κ3) is 2.41. The van der Waals surface area contributed by atoms with Crippen LogP contribution >= 0.6 is 0 Å². The first-order chi connectivity index (χ1) is 8.24. The molecule has 0 unspecified atom stereocenters. The molecule has 0 spiro atoms. The van der Waals surface area contributed by atoms with Gasteiger partial charge >= 0.3 is 0 Å². The minimum Gasteiger partial charge on any atom is -0.322 e. The molecule has 17 heavy (non-hydrogen) atoms. The zero-order valence-corrected chi connectivity index (χ0v) is 10.7. The van der Waals surface area contributed by atoms with Crippen molar-refractivity contribution in [3.63, 3.8) is 0 Å². The number of nitrogens with one attached hydrogen (secondary N) is 1. The molecule has 0 amide bonds. The smallest absolute Gasteiger partial charge is 0.251 e. The highest BCUT2D eigenvalue weighted by Gasteiger charge is 2.23. The van der Waals surface area contributed by atoms with Crippen molar-refractivity contribution in [3.05, 3.63) is 45.7 Å². The summed E-state index contributed by atoms with van der Waals surface area (Å²) < 4.78 is 0. The van der Waals surface area contributed by atoms with E-state index in [1.165, 1.54) is 18.4 Å². The molecular weight excluding hydrogens is 210 g/mol. The molecule has 1 aliphatic carbocycles. The van der Waals surface area contributed by atoms with E-state index in [2.05, 4.69) is 17.1 Å². The van der Waals surface area contributed by atoms with Gasteiger partial charge in [-0.15, -0.1) is 0 Å². The van der Waals surface area contributed by atoms with E-state index in [1.807, 2.05) is 32.9 Å². The molecule has 1 aliphatic rings. The van der Waals surface area contributed by atoms with Crippen molar-refractivity contribution in [3.8, 4) is 0 Å². The SMILES string of the molecule is CC.Cc1cc2cc(C3CC3)ccc2[nH]c1=O. The lowest BCUT2D eigenvalue weighted by Gasteiger charge is -2.02. The molecule has 3 rings (SSSR count). The number of hydrogen-bond acceptors (Lipinski definition) is 1. The number of aryl methyl sites for hydroxylation is 1. The zero-order chi connectivity index (χ0) is 12.4. The van der Waals surface area contributed by atoms with Gasteiger partial charge in [-0.3, -0.25) is 4.79 Å². The summed E-state index contributed by atoms with van der Waals surface area (Å²) in [7, 11) is 0. The average molecular weight is 229 g/mol. The Hall–Kier alpha value is -1.57. The van der Waals surface area contributed by atoms with Crippen LogP contribution < -0.4 is 5.56 Å². The van der Waals surface area contributed by atoms with Gasteiger partial charge in [-0.2, -0.15) is 0 Å². The van der Waals surface area contributed by atoms with Crippen molar-refractivity contribution in [2.45, 2.75) is 39.5 Å². The molecule has 1 heterocycles. The second-order valence-electron chi connectivity index (χ2n) is 4.40. The molecule has 0 radical (unpaired) electrons. The van der Waals surface area contributed by atoms with Gasteiger partial charge in [0.2, 0.25) is 0 Å². The normalized spacial score (nSPS) is 14.3. The second-order valence-corrected chi connectivity index (χ2v) is 4.40. The monoisotopic (exact) mass is 229 g/mol. The fourth-order valence-electron chi connectivity index (χ4n) is 2.00. The van der Waals surface area contributed by atoms with Crippen molar-refractivity contribution in [1.82, 2.24) is 4.98 Å². The number of aromatic amines is 1. The van der Waals surface area contributed by atoms with Gasteiger partial charge in [0.05, 0.1) is 0 Å². The Kier molecular flexibility index (Phi) is 3.32. The summed E-state index contributed by atoms with van der Waals surface area (Å²) >= 11 is 0. The lowest BCUT2D eigenvalue weighted by atomic mass is 10.1. The maximum Gasteiger partial charge on any atom is 0.251 e. The summed E-state index contributed by atoms with van der Waals surface area (Å²) in [6, 6.07) is 8.32. The predicted molar refractivity (Wildman–Crippen MR) is 72.6 cm³/mol. The molecule has 1 aromatic carbocycles. The Bertz CT molecular complexity index is 579. The largest absolute Gasteiger partial charge is 0.322 e. The van der Waals surface area contributed by atoms with Crippen molar-refractivity contribution in [1.29, 1.82) is 0 Å². The lowest BCUT2D eigenvalue weighted by molar-refractivity contribution is 1.13. The lowest BCUT2D eigenvalue weighted by Crippen LogP contribution is -2.08. The van der Waals surface area contributed by atoms with Crippen molar-refractivity contribution in [2.75, 3.05) is 0 Å². The molecule has 2 aromatic rings. The van der Waals surface area contributed by atoms with Crippen LogP contribution in [0, 0.1) is 6.92 Å². The van der Waals surface area contributed by atoms with E-state index in [0.717, 1.165) is 22.4 Å². The fourth-order valence-corrected chi connectivity index (χ4v) is 2.00. The van der Waals surface area contributed by atoms with E-state index in [9.17, 15) is 4.79 Å². The Labute approximate surface area is 102 Å². The van der Waals surface area contributed by atoms with E-state index < -0.39 is 0 Å². The maximum atomic E-state index is 11.4. The molecule has 1 N–H and O–H groups in total. The molecular formula is C15H19NO. The van der Waals surface area contributed by atoms with Gasteiger partial charge < -0.3 is 4.98 Å². The summed E-state index contributed by atoms with van der Waals surface area (Å²) in [5.74, 6) is 0.765. The Morgan fingerprint density at radius 3 is 2.53 bits per heavy atom. The first-order valence-electron chi connectivity index (χ1n) is 6.37. The Morgan fingerprint density at radius 2 is 1.88 bits per heavy atom. The number of aromatic nitrogens is 1. The number of pyridine rings is 1. The van der Waals surface area contributed by atoms with Crippen LogP contribution in [0.4, 0.5) is 0 Å². The van der Waals surface area contributed by atoms with Crippen molar-refractivity contribution in [2.24, 2.45) is 0 Å². The van der Waals surface area contributed by atoms with Gasteiger partial charge in [0.15, 0.2) is 0 Å². The molecule has 0 bridgehead atoms. The molecule has 0 aliphatic heterocycles. The second kappa shape index (κ2) is 4.74. The number of fused-ring (bicyclic) bond motifs is 1. The maximum absolute atomic E-state index is 11.4. The molecule has 0 atom stereocenters. The summed E-state index contributed by atoms with van der Waals surface area (Å²) in [5.41, 5.74) is 3.15. The third-order valence-electron chi connectivity index (χ3n) is 3.10. The van der Waals surface area contributed by atoms with Gasteiger partial charge in [-0.05, 0) is 54.8 Å². The van der Waals surface area contributed by atoms with E-state index in [0.29, 0.717) is 0 Å². The first kappa shape index (κ1) is 11.9. The molecule has 1 aromatic heterocycles. The minimum absolute atomic E-state index is 0.0154. The third-order valence-corrected chi connectivity index (χ3v) is 3.10. The average Bonchev–Trinajstić information content (AvgIpc) is 3.17. The van der Waals surface area contributed by atoms with E-state index in [-0.39, 0.29) is 5.56 Å². The van der Waals surface area contributed by atoms with E-state index >= 15 is 0 Å². The number of hydrogen-bond donors (Lipinski definition) is 1. The van der Waals surface area contributed by atoms with Crippen LogP contribution in [0.1, 0.15) is 43.7 Å². The van der Waals surface area contributed by atoms with Crippen LogP contribution in [0.3, 0.4) is 0 Å². The van der Waals surface area contributed by atoms with Crippen LogP contribution in [0.15, 0.2) is 29.1 Å². The molecule has 0 saturated heterocycles. The summed E-state index contributed by atoms with van der Waals surface area (Å²) in [4.78, 5) is 14.3. The minimum atomic E-state index is 0.0154. The highest BCUT2D eigenvalue weighted by atomic mass is 16.1. The highest BCUT2D eigenvalue weighted by Crippen LogP contribution is 2.40. The van der Waals surface area contributed by atoms with Gasteiger partial charge in [0.1, 0.15) is 0 Å².